The van der Waals surface area contributed by atoms with E-state index in [4.69, 9.17) is 28.5 Å². The standard InChI is InChI=1S/C11H6Cl2N4/c12-9-5-10(17-11(13)16-9)15-8-3-1-7(6-14)2-4-8/h1-5H,(H,15,16,17). The minimum absolute atomic E-state index is 0.0774. The summed E-state index contributed by atoms with van der Waals surface area (Å²) in [6.07, 6.45) is 0. The molecule has 0 bridgehead atoms. The maximum absolute atomic E-state index is 8.67. The minimum Gasteiger partial charge on any atom is -0.340 e. The number of rotatable bonds is 2. The second-order valence-electron chi connectivity index (χ2n) is 3.16. The number of aromatic nitrogens is 2. The Hall–Kier alpha value is -1.83. The Morgan fingerprint density at radius 2 is 1.82 bits per heavy atom. The van der Waals surface area contributed by atoms with Gasteiger partial charge in [-0.05, 0) is 35.9 Å². The van der Waals surface area contributed by atoms with Crippen molar-refractivity contribution in [3.05, 3.63) is 46.3 Å². The number of nitrogens with one attached hydrogen (secondary N) is 1. The average Bonchev–Trinajstić information content (AvgIpc) is 2.28. The molecule has 0 fully saturated rings. The molecule has 0 amide bonds. The summed E-state index contributed by atoms with van der Waals surface area (Å²) in [6.45, 7) is 0. The second-order valence-corrected chi connectivity index (χ2v) is 3.88. The highest BCUT2D eigenvalue weighted by atomic mass is 35.5. The molecule has 0 aliphatic rings. The Labute approximate surface area is 108 Å². The molecule has 1 aromatic heterocycles. The summed E-state index contributed by atoms with van der Waals surface area (Å²) >= 11 is 11.4. The Kier molecular flexibility index (Phi) is 3.43. The van der Waals surface area contributed by atoms with E-state index in [0.29, 0.717) is 11.4 Å². The van der Waals surface area contributed by atoms with Crippen LogP contribution < -0.4 is 5.32 Å². The summed E-state index contributed by atoms with van der Waals surface area (Å²) in [6, 6.07) is 10.5. The largest absolute Gasteiger partial charge is 0.340 e. The van der Waals surface area contributed by atoms with Crippen LogP contribution in [0.1, 0.15) is 5.56 Å². The summed E-state index contributed by atoms with van der Waals surface area (Å²) in [5, 5.41) is 12.0. The molecule has 0 atom stereocenters. The van der Waals surface area contributed by atoms with Crippen LogP contribution in [-0.2, 0) is 0 Å². The van der Waals surface area contributed by atoms with E-state index in [1.54, 1.807) is 30.3 Å². The molecule has 4 nitrogen and oxygen atoms in total. The van der Waals surface area contributed by atoms with Crippen LogP contribution in [-0.4, -0.2) is 9.97 Å². The van der Waals surface area contributed by atoms with E-state index >= 15 is 0 Å². The van der Waals surface area contributed by atoms with Crippen molar-refractivity contribution in [3.8, 4) is 6.07 Å². The van der Waals surface area contributed by atoms with E-state index in [1.807, 2.05) is 6.07 Å². The summed E-state index contributed by atoms with van der Waals surface area (Å²) in [4.78, 5) is 7.71. The zero-order chi connectivity index (χ0) is 12.3. The summed E-state index contributed by atoms with van der Waals surface area (Å²) in [5.74, 6) is 0.500. The van der Waals surface area contributed by atoms with Gasteiger partial charge >= 0.3 is 0 Å². The van der Waals surface area contributed by atoms with Gasteiger partial charge in [-0.1, -0.05) is 11.6 Å². The molecule has 0 saturated heterocycles. The molecule has 0 aliphatic carbocycles. The number of anilines is 2. The molecule has 84 valence electrons. The molecule has 0 radical (unpaired) electrons. The van der Waals surface area contributed by atoms with Gasteiger partial charge in [-0.3, -0.25) is 0 Å². The van der Waals surface area contributed by atoms with Crippen molar-refractivity contribution < 1.29 is 0 Å². The molecular weight excluding hydrogens is 259 g/mol. The van der Waals surface area contributed by atoms with Crippen molar-refractivity contribution >= 4 is 34.7 Å². The lowest BCUT2D eigenvalue weighted by molar-refractivity contribution is 1.17. The Morgan fingerprint density at radius 1 is 1.12 bits per heavy atom. The lowest BCUT2D eigenvalue weighted by atomic mass is 10.2. The highest BCUT2D eigenvalue weighted by Crippen LogP contribution is 2.19. The maximum atomic E-state index is 8.67. The molecule has 0 unspecified atom stereocenters. The van der Waals surface area contributed by atoms with Crippen LogP contribution in [0.4, 0.5) is 11.5 Å². The van der Waals surface area contributed by atoms with Gasteiger partial charge in [0.15, 0.2) is 0 Å². The highest BCUT2D eigenvalue weighted by Gasteiger charge is 2.01. The van der Waals surface area contributed by atoms with Gasteiger partial charge < -0.3 is 5.32 Å². The molecule has 1 N–H and O–H groups in total. The molecule has 6 heteroatoms. The fraction of sp³-hybridized carbons (Fsp3) is 0. The van der Waals surface area contributed by atoms with Crippen molar-refractivity contribution in [2.75, 3.05) is 5.32 Å². The van der Waals surface area contributed by atoms with E-state index in [-0.39, 0.29) is 10.4 Å². The smallest absolute Gasteiger partial charge is 0.225 e. The van der Waals surface area contributed by atoms with Crippen LogP contribution in [0.5, 0.6) is 0 Å². The van der Waals surface area contributed by atoms with Crippen LogP contribution >= 0.6 is 23.2 Å². The van der Waals surface area contributed by atoms with Crippen LogP contribution in [0.25, 0.3) is 0 Å². The average molecular weight is 265 g/mol. The van der Waals surface area contributed by atoms with Gasteiger partial charge in [0.1, 0.15) is 11.0 Å². The lowest BCUT2D eigenvalue weighted by Crippen LogP contribution is -1.95. The van der Waals surface area contributed by atoms with E-state index in [1.165, 1.54) is 0 Å². The number of hydrogen-bond acceptors (Lipinski definition) is 4. The number of halogens is 2. The molecule has 0 aliphatic heterocycles. The zero-order valence-corrected chi connectivity index (χ0v) is 10.00. The Morgan fingerprint density at radius 3 is 2.41 bits per heavy atom. The topological polar surface area (TPSA) is 61.6 Å². The molecule has 1 aromatic carbocycles. The summed E-state index contributed by atoms with van der Waals surface area (Å²) in [7, 11) is 0. The lowest BCUT2D eigenvalue weighted by Gasteiger charge is -2.05. The van der Waals surface area contributed by atoms with Gasteiger partial charge in [-0.2, -0.15) is 5.26 Å². The first kappa shape index (κ1) is 11.6. The van der Waals surface area contributed by atoms with Crippen molar-refractivity contribution in [1.82, 2.24) is 9.97 Å². The second kappa shape index (κ2) is 5.00. The van der Waals surface area contributed by atoms with Crippen molar-refractivity contribution in [1.29, 1.82) is 5.26 Å². The number of nitrogens with zero attached hydrogens (tertiary/aromatic N) is 3. The first-order valence-corrected chi connectivity index (χ1v) is 5.40. The first-order valence-electron chi connectivity index (χ1n) is 4.64. The third kappa shape index (κ3) is 3.06. The molecule has 1 heterocycles. The van der Waals surface area contributed by atoms with Crippen molar-refractivity contribution in [2.45, 2.75) is 0 Å². The maximum Gasteiger partial charge on any atom is 0.225 e. The molecule has 0 saturated carbocycles. The highest BCUT2D eigenvalue weighted by molar-refractivity contribution is 6.32. The van der Waals surface area contributed by atoms with Gasteiger partial charge in [-0.25, -0.2) is 9.97 Å². The van der Waals surface area contributed by atoms with Gasteiger partial charge in [0, 0.05) is 11.8 Å². The van der Waals surface area contributed by atoms with E-state index < -0.39 is 0 Å². The fourth-order valence-corrected chi connectivity index (χ4v) is 1.64. The fourth-order valence-electron chi connectivity index (χ4n) is 1.23. The van der Waals surface area contributed by atoms with Crippen molar-refractivity contribution in [3.63, 3.8) is 0 Å². The Bertz CT molecular complexity index is 555. The van der Waals surface area contributed by atoms with Crippen molar-refractivity contribution in [2.24, 2.45) is 0 Å². The predicted molar refractivity (Wildman–Crippen MR) is 66.5 cm³/mol. The minimum atomic E-state index is 0.0774. The number of benzene rings is 1. The van der Waals surface area contributed by atoms with E-state index in [2.05, 4.69) is 15.3 Å². The van der Waals surface area contributed by atoms with Crippen LogP contribution in [0.3, 0.4) is 0 Å². The van der Waals surface area contributed by atoms with E-state index in [0.717, 1.165) is 5.69 Å². The Balaban J connectivity index is 2.22. The SMILES string of the molecule is N#Cc1ccc(Nc2cc(Cl)nc(Cl)n2)cc1. The van der Waals surface area contributed by atoms with Gasteiger partial charge in [0.05, 0.1) is 11.6 Å². The first-order chi connectivity index (χ1) is 8.17. The molecule has 2 rings (SSSR count). The third-order valence-corrected chi connectivity index (χ3v) is 2.32. The number of hydrogen-bond donors (Lipinski definition) is 1. The predicted octanol–water partition coefficient (Wildman–Crippen LogP) is 3.40. The summed E-state index contributed by atoms with van der Waals surface area (Å²) < 4.78 is 0. The monoisotopic (exact) mass is 264 g/mol. The molecule has 0 spiro atoms. The van der Waals surface area contributed by atoms with Crippen LogP contribution in [0, 0.1) is 11.3 Å². The normalized spacial score (nSPS) is 9.71. The van der Waals surface area contributed by atoms with Gasteiger partial charge in [0.25, 0.3) is 0 Å². The zero-order valence-electron chi connectivity index (χ0n) is 8.48. The quantitative estimate of drug-likeness (QED) is 0.667. The summed E-state index contributed by atoms with van der Waals surface area (Å²) in [5.41, 5.74) is 1.38. The van der Waals surface area contributed by atoms with Gasteiger partial charge in [0.2, 0.25) is 5.28 Å². The van der Waals surface area contributed by atoms with Crippen LogP contribution in [0.15, 0.2) is 30.3 Å². The third-order valence-electron chi connectivity index (χ3n) is 1.95. The number of nitriles is 1. The molecule has 17 heavy (non-hydrogen) atoms. The molecular formula is C11H6Cl2N4. The molecule has 2 aromatic rings. The van der Waals surface area contributed by atoms with E-state index in [9.17, 15) is 0 Å². The van der Waals surface area contributed by atoms with Crippen LogP contribution in [0.2, 0.25) is 10.4 Å². The van der Waals surface area contributed by atoms with Gasteiger partial charge in [-0.15, -0.1) is 0 Å².